The highest BCUT2D eigenvalue weighted by atomic mass is 35.5. The molecular weight excluding hydrogens is 304 g/mol. The van der Waals surface area contributed by atoms with E-state index in [2.05, 4.69) is 0 Å². The van der Waals surface area contributed by atoms with Gasteiger partial charge in [-0.3, -0.25) is 9.59 Å². The van der Waals surface area contributed by atoms with E-state index < -0.39 is 6.10 Å². The number of nitriles is 1. The molecule has 1 heterocycles. The van der Waals surface area contributed by atoms with Crippen molar-refractivity contribution >= 4 is 23.5 Å². The van der Waals surface area contributed by atoms with E-state index in [-0.39, 0.29) is 17.8 Å². The van der Waals surface area contributed by atoms with E-state index >= 15 is 0 Å². The minimum absolute atomic E-state index is 0.0612. The number of rotatable bonds is 3. The van der Waals surface area contributed by atoms with Crippen molar-refractivity contribution in [1.82, 2.24) is 4.90 Å². The van der Waals surface area contributed by atoms with Crippen LogP contribution < -0.4 is 0 Å². The normalized spacial score (nSPS) is 16.7. The maximum atomic E-state index is 12.3. The average Bonchev–Trinajstić information content (AvgIpc) is 2.55. The first kappa shape index (κ1) is 16.3. The predicted molar refractivity (Wildman–Crippen MR) is 81.2 cm³/mol. The highest BCUT2D eigenvalue weighted by molar-refractivity contribution is 6.30. The van der Waals surface area contributed by atoms with Gasteiger partial charge in [-0.1, -0.05) is 11.6 Å². The van der Waals surface area contributed by atoms with Gasteiger partial charge in [0.2, 0.25) is 0 Å². The number of carbonyl (C=O) groups excluding carboxylic acids is 2. The number of ether oxygens (including phenoxy) is 1. The second-order valence-corrected chi connectivity index (χ2v) is 5.72. The van der Waals surface area contributed by atoms with E-state index in [4.69, 9.17) is 21.6 Å². The van der Waals surface area contributed by atoms with E-state index in [1.165, 1.54) is 6.92 Å². The molecule has 1 aliphatic rings. The molecule has 22 heavy (non-hydrogen) atoms. The van der Waals surface area contributed by atoms with Gasteiger partial charge in [-0.15, -0.1) is 0 Å². The summed E-state index contributed by atoms with van der Waals surface area (Å²) in [7, 11) is 0. The fourth-order valence-corrected chi connectivity index (χ4v) is 2.52. The molecule has 0 unspecified atom stereocenters. The summed E-state index contributed by atoms with van der Waals surface area (Å²) in [4.78, 5) is 25.9. The molecule has 0 aromatic heterocycles. The molecule has 1 aromatic rings. The lowest BCUT2D eigenvalue weighted by atomic mass is 9.96. The van der Waals surface area contributed by atoms with E-state index in [1.807, 2.05) is 6.07 Å². The summed E-state index contributed by atoms with van der Waals surface area (Å²) in [6.45, 7) is 2.54. The number of esters is 1. The summed E-state index contributed by atoms with van der Waals surface area (Å²) >= 11 is 5.81. The van der Waals surface area contributed by atoms with Crippen LogP contribution in [-0.4, -0.2) is 36.0 Å². The number of hydrogen-bond donors (Lipinski definition) is 0. The molecule has 0 aliphatic carbocycles. The predicted octanol–water partition coefficient (Wildman–Crippen LogP) is 2.65. The molecule has 1 atom stereocenters. The number of nitrogens with zero attached hydrogens (tertiary/aromatic N) is 2. The molecule has 2 rings (SSSR count). The molecule has 1 saturated heterocycles. The van der Waals surface area contributed by atoms with Crippen molar-refractivity contribution in [3.63, 3.8) is 0 Å². The zero-order valence-electron chi connectivity index (χ0n) is 12.3. The van der Waals surface area contributed by atoms with Crippen molar-refractivity contribution in [2.45, 2.75) is 25.9 Å². The molecule has 1 fully saturated rings. The first-order chi connectivity index (χ1) is 10.5. The van der Waals surface area contributed by atoms with Gasteiger partial charge in [-0.25, -0.2) is 0 Å². The Morgan fingerprint density at radius 1 is 1.32 bits per heavy atom. The second kappa shape index (κ2) is 7.28. The lowest BCUT2D eigenvalue weighted by Gasteiger charge is -2.31. The molecule has 0 bridgehead atoms. The second-order valence-electron chi connectivity index (χ2n) is 5.28. The maximum absolute atomic E-state index is 12.3. The van der Waals surface area contributed by atoms with Gasteiger partial charge >= 0.3 is 5.97 Å². The number of hydrogen-bond acceptors (Lipinski definition) is 4. The standard InChI is InChI=1S/C16H17ClN2O3/c1-11(10-18)22-16(21)13-6-8-19(9-7-13)15(20)12-2-4-14(17)5-3-12/h2-5,11,13H,6-9H2,1H3/t11-/m0/s1. The van der Waals surface area contributed by atoms with Crippen LogP contribution in [0.3, 0.4) is 0 Å². The first-order valence-corrected chi connectivity index (χ1v) is 7.54. The third-order valence-electron chi connectivity index (χ3n) is 3.68. The Kier molecular flexibility index (Phi) is 5.40. The SMILES string of the molecule is C[C@@H](C#N)OC(=O)C1CCN(C(=O)c2ccc(Cl)cc2)CC1. The molecule has 5 nitrogen and oxygen atoms in total. The Labute approximate surface area is 134 Å². The van der Waals surface area contributed by atoms with Crippen LogP contribution in [0.5, 0.6) is 0 Å². The molecule has 1 aliphatic heterocycles. The minimum atomic E-state index is -0.735. The third kappa shape index (κ3) is 3.99. The Morgan fingerprint density at radius 2 is 1.91 bits per heavy atom. The van der Waals surface area contributed by atoms with Crippen LogP contribution in [0.15, 0.2) is 24.3 Å². The van der Waals surface area contributed by atoms with E-state index in [9.17, 15) is 9.59 Å². The van der Waals surface area contributed by atoms with E-state index in [1.54, 1.807) is 29.2 Å². The quantitative estimate of drug-likeness (QED) is 0.803. The summed E-state index contributed by atoms with van der Waals surface area (Å²) in [5.74, 6) is -0.661. The lowest BCUT2D eigenvalue weighted by Crippen LogP contribution is -2.41. The monoisotopic (exact) mass is 320 g/mol. The van der Waals surface area contributed by atoms with Gasteiger partial charge in [0.05, 0.1) is 5.92 Å². The lowest BCUT2D eigenvalue weighted by molar-refractivity contribution is -0.152. The Bertz CT molecular complexity index is 586. The van der Waals surface area contributed by atoms with Gasteiger partial charge in [0.25, 0.3) is 5.91 Å². The van der Waals surface area contributed by atoms with Crippen LogP contribution in [0.25, 0.3) is 0 Å². The fraction of sp³-hybridized carbons (Fsp3) is 0.438. The zero-order chi connectivity index (χ0) is 16.1. The van der Waals surface area contributed by atoms with Crippen LogP contribution in [0.1, 0.15) is 30.1 Å². The Balaban J connectivity index is 1.89. The molecule has 116 valence electrons. The van der Waals surface area contributed by atoms with Gasteiger partial charge < -0.3 is 9.64 Å². The molecule has 0 saturated carbocycles. The topological polar surface area (TPSA) is 70.4 Å². The fourth-order valence-electron chi connectivity index (χ4n) is 2.39. The van der Waals surface area contributed by atoms with Crippen molar-refractivity contribution < 1.29 is 14.3 Å². The summed E-state index contributed by atoms with van der Waals surface area (Å²) in [5, 5.41) is 9.24. The van der Waals surface area contributed by atoms with Crippen molar-refractivity contribution in [2.24, 2.45) is 5.92 Å². The summed E-state index contributed by atoms with van der Waals surface area (Å²) < 4.78 is 5.01. The zero-order valence-corrected chi connectivity index (χ0v) is 13.0. The smallest absolute Gasteiger partial charge is 0.310 e. The molecular formula is C16H17ClN2O3. The van der Waals surface area contributed by atoms with Crippen LogP contribution >= 0.6 is 11.6 Å². The van der Waals surface area contributed by atoms with Gasteiger partial charge in [0.15, 0.2) is 6.10 Å². The number of carbonyl (C=O) groups is 2. The molecule has 1 amide bonds. The average molecular weight is 321 g/mol. The summed E-state index contributed by atoms with van der Waals surface area (Å²) in [6.07, 6.45) is 0.369. The Hall–Kier alpha value is -2.06. The molecule has 0 radical (unpaired) electrons. The minimum Gasteiger partial charge on any atom is -0.447 e. The number of piperidine rings is 1. The van der Waals surface area contributed by atoms with Gasteiger partial charge in [0.1, 0.15) is 6.07 Å². The van der Waals surface area contributed by atoms with Crippen molar-refractivity contribution in [1.29, 1.82) is 5.26 Å². The largest absolute Gasteiger partial charge is 0.447 e. The van der Waals surface area contributed by atoms with Crippen molar-refractivity contribution in [2.75, 3.05) is 13.1 Å². The van der Waals surface area contributed by atoms with Gasteiger partial charge in [-0.2, -0.15) is 5.26 Å². The molecule has 0 spiro atoms. The highest BCUT2D eigenvalue weighted by Crippen LogP contribution is 2.21. The van der Waals surface area contributed by atoms with Gasteiger partial charge in [-0.05, 0) is 44.0 Å². The first-order valence-electron chi connectivity index (χ1n) is 7.16. The van der Waals surface area contributed by atoms with Crippen LogP contribution in [0.4, 0.5) is 0 Å². The van der Waals surface area contributed by atoms with E-state index in [0.29, 0.717) is 36.5 Å². The molecule has 6 heteroatoms. The highest BCUT2D eigenvalue weighted by Gasteiger charge is 2.29. The van der Waals surface area contributed by atoms with E-state index in [0.717, 1.165) is 0 Å². The van der Waals surface area contributed by atoms with Crippen molar-refractivity contribution in [3.05, 3.63) is 34.9 Å². The van der Waals surface area contributed by atoms with Crippen molar-refractivity contribution in [3.8, 4) is 6.07 Å². The van der Waals surface area contributed by atoms with Crippen LogP contribution in [0, 0.1) is 17.2 Å². The Morgan fingerprint density at radius 3 is 2.45 bits per heavy atom. The van der Waals surface area contributed by atoms with Crippen LogP contribution in [0.2, 0.25) is 5.02 Å². The van der Waals surface area contributed by atoms with Crippen LogP contribution in [-0.2, 0) is 9.53 Å². The number of amides is 1. The summed E-state index contributed by atoms with van der Waals surface area (Å²) in [6, 6.07) is 8.62. The number of halogens is 1. The third-order valence-corrected chi connectivity index (χ3v) is 3.93. The number of likely N-dealkylation sites (tertiary alicyclic amines) is 1. The maximum Gasteiger partial charge on any atom is 0.310 e. The summed E-state index contributed by atoms with van der Waals surface area (Å²) in [5.41, 5.74) is 0.587. The molecule has 1 aromatic carbocycles. The molecule has 0 N–H and O–H groups in total. The van der Waals surface area contributed by atoms with Gasteiger partial charge in [0, 0.05) is 23.7 Å². The number of benzene rings is 1.